The fourth-order valence-electron chi connectivity index (χ4n) is 1.92. The summed E-state index contributed by atoms with van der Waals surface area (Å²) in [4.78, 5) is 14.3. The van der Waals surface area contributed by atoms with Gasteiger partial charge in [0, 0.05) is 18.3 Å². The number of fused-ring (bicyclic) bond motifs is 1. The molecule has 18 heavy (non-hydrogen) atoms. The zero-order chi connectivity index (χ0) is 13.4. The van der Waals surface area contributed by atoms with E-state index in [2.05, 4.69) is 10.3 Å². The molecule has 1 heterocycles. The second-order valence-electron chi connectivity index (χ2n) is 3.89. The van der Waals surface area contributed by atoms with Crippen molar-refractivity contribution in [2.24, 2.45) is 0 Å². The average Bonchev–Trinajstić information content (AvgIpc) is 2.65. The highest BCUT2D eigenvalue weighted by Crippen LogP contribution is 2.28. The van der Waals surface area contributed by atoms with E-state index in [1.165, 1.54) is 6.92 Å². The lowest BCUT2D eigenvalue weighted by Gasteiger charge is -2.03. The van der Waals surface area contributed by atoms with Crippen molar-refractivity contribution in [1.29, 1.82) is 0 Å². The summed E-state index contributed by atoms with van der Waals surface area (Å²) in [6, 6.07) is 0.453. The van der Waals surface area contributed by atoms with Crippen molar-refractivity contribution in [2.45, 2.75) is 13.8 Å². The Morgan fingerprint density at radius 3 is 2.61 bits per heavy atom. The Balaban J connectivity index is 2.81. The van der Waals surface area contributed by atoms with Gasteiger partial charge in [-0.3, -0.25) is 4.79 Å². The third kappa shape index (κ3) is 1.73. The predicted octanol–water partition coefficient (Wildman–Crippen LogP) is 2.64. The number of benzene rings is 1. The van der Waals surface area contributed by atoms with Gasteiger partial charge in [0.15, 0.2) is 11.6 Å². The van der Waals surface area contributed by atoms with Gasteiger partial charge in [0.2, 0.25) is 0 Å². The van der Waals surface area contributed by atoms with E-state index < -0.39 is 23.4 Å². The fraction of sp³-hybridized carbons (Fsp3) is 0.250. The maximum absolute atomic E-state index is 13.7. The van der Waals surface area contributed by atoms with Crippen LogP contribution in [0.3, 0.4) is 0 Å². The lowest BCUT2D eigenvalue weighted by molar-refractivity contribution is 0.0956. The first-order chi connectivity index (χ1) is 8.47. The zero-order valence-electron chi connectivity index (χ0n) is 9.83. The number of aromatic nitrogens is 1. The Morgan fingerprint density at radius 1 is 1.33 bits per heavy atom. The predicted molar refractivity (Wildman–Crippen MR) is 60.9 cm³/mol. The van der Waals surface area contributed by atoms with Gasteiger partial charge in [0.1, 0.15) is 5.82 Å². The van der Waals surface area contributed by atoms with Gasteiger partial charge in [-0.05, 0) is 13.8 Å². The highest BCUT2D eigenvalue weighted by molar-refractivity contribution is 6.08. The van der Waals surface area contributed by atoms with E-state index in [-0.39, 0.29) is 16.5 Å². The van der Waals surface area contributed by atoms with Crippen LogP contribution in [0.25, 0.3) is 10.9 Å². The number of carbonyl (C=O) groups is 1. The van der Waals surface area contributed by atoms with Gasteiger partial charge in [0.05, 0.1) is 16.5 Å². The molecule has 1 aromatic heterocycles. The van der Waals surface area contributed by atoms with Crippen LogP contribution in [0.2, 0.25) is 0 Å². The van der Waals surface area contributed by atoms with Gasteiger partial charge in [-0.15, -0.1) is 0 Å². The van der Waals surface area contributed by atoms with Crippen LogP contribution in [0.1, 0.15) is 23.0 Å². The molecule has 0 saturated heterocycles. The first kappa shape index (κ1) is 12.5. The number of carbonyl (C=O) groups excluding carboxylic acids is 1. The molecule has 2 N–H and O–H groups in total. The Bertz CT molecular complexity index is 634. The van der Waals surface area contributed by atoms with Gasteiger partial charge >= 0.3 is 0 Å². The first-order valence-electron chi connectivity index (χ1n) is 5.41. The van der Waals surface area contributed by atoms with Gasteiger partial charge in [-0.1, -0.05) is 0 Å². The van der Waals surface area contributed by atoms with E-state index in [0.29, 0.717) is 18.3 Å². The summed E-state index contributed by atoms with van der Waals surface area (Å²) in [7, 11) is 0. The molecule has 0 radical (unpaired) electrons. The maximum atomic E-state index is 13.7. The molecule has 2 rings (SSSR count). The smallest absolute Gasteiger partial charge is 0.253 e. The molecular formula is C12H11F3N2O. The molecule has 3 nitrogen and oxygen atoms in total. The van der Waals surface area contributed by atoms with E-state index in [1.54, 1.807) is 6.92 Å². The van der Waals surface area contributed by atoms with Gasteiger partial charge in [-0.2, -0.15) is 0 Å². The minimum absolute atomic E-state index is 0.0669. The lowest BCUT2D eigenvalue weighted by Crippen LogP contribution is -2.23. The standard InChI is InChI=1S/C12H11F3N2O/c1-3-16-12(18)8-5(2)17-11-7(14)4-6(13)10(15)9(8)11/h4,17H,3H2,1-2H3,(H,16,18). The number of rotatable bonds is 2. The van der Waals surface area contributed by atoms with Crippen LogP contribution in [0.5, 0.6) is 0 Å². The number of halogens is 3. The normalized spacial score (nSPS) is 10.9. The van der Waals surface area contributed by atoms with Crippen LogP contribution < -0.4 is 5.32 Å². The van der Waals surface area contributed by atoms with Crippen molar-refractivity contribution in [3.05, 3.63) is 34.8 Å². The largest absolute Gasteiger partial charge is 0.355 e. The summed E-state index contributed by atoms with van der Waals surface area (Å²) >= 11 is 0. The van der Waals surface area contributed by atoms with Gasteiger partial charge in [0.25, 0.3) is 5.91 Å². The molecule has 6 heteroatoms. The molecule has 96 valence electrons. The Kier molecular flexibility index (Phi) is 3.02. The van der Waals surface area contributed by atoms with Crippen LogP contribution in [0, 0.1) is 24.4 Å². The maximum Gasteiger partial charge on any atom is 0.253 e. The van der Waals surface area contributed by atoms with Crippen molar-refractivity contribution in [2.75, 3.05) is 6.54 Å². The molecule has 0 aliphatic heterocycles. The van der Waals surface area contributed by atoms with Crippen LogP contribution in [-0.2, 0) is 0 Å². The molecule has 0 aliphatic rings. The minimum Gasteiger partial charge on any atom is -0.355 e. The number of H-pyrrole nitrogens is 1. The molecule has 0 bridgehead atoms. The average molecular weight is 256 g/mol. The number of aryl methyl sites for hydroxylation is 1. The van der Waals surface area contributed by atoms with Crippen LogP contribution in [-0.4, -0.2) is 17.4 Å². The molecule has 0 atom stereocenters. The molecule has 0 saturated carbocycles. The number of nitrogens with one attached hydrogen (secondary N) is 2. The minimum atomic E-state index is -1.32. The number of hydrogen-bond acceptors (Lipinski definition) is 1. The summed E-state index contributed by atoms with van der Waals surface area (Å²) in [5.74, 6) is -4.03. The summed E-state index contributed by atoms with van der Waals surface area (Å²) in [6.45, 7) is 3.53. The second kappa shape index (κ2) is 4.36. The van der Waals surface area contributed by atoms with E-state index in [0.717, 1.165) is 0 Å². The molecular weight excluding hydrogens is 245 g/mol. The Morgan fingerprint density at radius 2 is 2.00 bits per heavy atom. The monoisotopic (exact) mass is 256 g/mol. The third-order valence-electron chi connectivity index (χ3n) is 2.67. The Hall–Kier alpha value is -1.98. The van der Waals surface area contributed by atoms with E-state index in [1.807, 2.05) is 0 Å². The highest BCUT2D eigenvalue weighted by atomic mass is 19.2. The summed E-state index contributed by atoms with van der Waals surface area (Å²) in [5, 5.41) is 2.13. The van der Waals surface area contributed by atoms with Crippen LogP contribution in [0.15, 0.2) is 6.07 Å². The molecule has 0 spiro atoms. The zero-order valence-corrected chi connectivity index (χ0v) is 9.83. The number of amides is 1. The first-order valence-corrected chi connectivity index (χ1v) is 5.41. The van der Waals surface area contributed by atoms with Crippen LogP contribution in [0.4, 0.5) is 13.2 Å². The molecule has 1 amide bonds. The molecule has 0 unspecified atom stereocenters. The number of hydrogen-bond donors (Lipinski definition) is 2. The quantitative estimate of drug-likeness (QED) is 0.797. The summed E-state index contributed by atoms with van der Waals surface area (Å²) < 4.78 is 40.4. The Labute approximate surface area is 101 Å². The van der Waals surface area contributed by atoms with E-state index in [4.69, 9.17) is 0 Å². The SMILES string of the molecule is CCNC(=O)c1c(C)[nH]c2c(F)cc(F)c(F)c12. The molecule has 0 aliphatic carbocycles. The van der Waals surface area contributed by atoms with Crippen molar-refractivity contribution >= 4 is 16.8 Å². The lowest BCUT2D eigenvalue weighted by atomic mass is 10.1. The summed E-state index contributed by atoms with van der Waals surface area (Å²) in [5.41, 5.74) is 0.0229. The van der Waals surface area contributed by atoms with E-state index >= 15 is 0 Å². The van der Waals surface area contributed by atoms with Gasteiger partial charge < -0.3 is 10.3 Å². The summed E-state index contributed by atoms with van der Waals surface area (Å²) in [6.07, 6.45) is 0. The van der Waals surface area contributed by atoms with Crippen molar-refractivity contribution in [3.8, 4) is 0 Å². The van der Waals surface area contributed by atoms with Crippen molar-refractivity contribution in [1.82, 2.24) is 10.3 Å². The van der Waals surface area contributed by atoms with E-state index in [9.17, 15) is 18.0 Å². The third-order valence-corrected chi connectivity index (χ3v) is 2.67. The van der Waals surface area contributed by atoms with Gasteiger partial charge in [-0.25, -0.2) is 13.2 Å². The topological polar surface area (TPSA) is 44.9 Å². The second-order valence-corrected chi connectivity index (χ2v) is 3.89. The van der Waals surface area contributed by atoms with Crippen LogP contribution >= 0.6 is 0 Å². The van der Waals surface area contributed by atoms with Crippen molar-refractivity contribution in [3.63, 3.8) is 0 Å². The molecule has 0 fully saturated rings. The highest BCUT2D eigenvalue weighted by Gasteiger charge is 2.23. The number of aromatic amines is 1. The molecule has 2 aromatic rings. The van der Waals surface area contributed by atoms with Crippen molar-refractivity contribution < 1.29 is 18.0 Å². The fourth-order valence-corrected chi connectivity index (χ4v) is 1.92. The molecule has 1 aromatic carbocycles.